The summed E-state index contributed by atoms with van der Waals surface area (Å²) in [5.74, 6) is -0.00444. The van der Waals surface area contributed by atoms with Crippen LogP contribution in [0, 0.1) is 5.92 Å². The van der Waals surface area contributed by atoms with Crippen molar-refractivity contribution in [3.63, 3.8) is 0 Å². The summed E-state index contributed by atoms with van der Waals surface area (Å²) in [6, 6.07) is 2.22. The number of hydroxylamine groups is 1. The molecule has 3 aliphatic heterocycles. The van der Waals surface area contributed by atoms with E-state index in [0.29, 0.717) is 17.5 Å². The Morgan fingerprint density at radius 2 is 2.15 bits per heavy atom. The van der Waals surface area contributed by atoms with Crippen LogP contribution >= 0.6 is 0 Å². The zero-order valence-electron chi connectivity index (χ0n) is 16.1. The normalized spacial score (nSPS) is 30.3. The van der Waals surface area contributed by atoms with Crippen molar-refractivity contribution >= 4 is 11.8 Å². The maximum atomic E-state index is 12.6. The van der Waals surface area contributed by atoms with E-state index < -0.39 is 5.91 Å². The molecule has 0 unspecified atom stereocenters. The number of hydrogen-bond acceptors (Lipinski definition) is 5. The number of rotatable bonds is 4. The fourth-order valence-corrected chi connectivity index (χ4v) is 5.22. The van der Waals surface area contributed by atoms with Gasteiger partial charge in [-0.2, -0.15) is 0 Å². The second kappa shape index (κ2) is 6.87. The number of carbonyl (C=O) groups is 2. The predicted octanol–water partition coefficient (Wildman–Crippen LogP) is 1.74. The third kappa shape index (κ3) is 3.02. The molecule has 2 bridgehead atoms. The van der Waals surface area contributed by atoms with E-state index in [2.05, 4.69) is 16.8 Å². The van der Waals surface area contributed by atoms with E-state index in [9.17, 15) is 9.59 Å². The Morgan fingerprint density at radius 3 is 2.81 bits per heavy atom. The van der Waals surface area contributed by atoms with Crippen LogP contribution in [0.4, 0.5) is 0 Å². The molecular formula is C20H28N4O3. The molecule has 0 spiro atoms. The highest BCUT2D eigenvalue weighted by Crippen LogP contribution is 2.44. The Labute approximate surface area is 159 Å². The van der Waals surface area contributed by atoms with Crippen LogP contribution in [0.5, 0.6) is 0 Å². The van der Waals surface area contributed by atoms with E-state index in [0.717, 1.165) is 62.9 Å². The maximum absolute atomic E-state index is 12.6. The first-order valence-electron chi connectivity index (χ1n) is 9.91. The average Bonchev–Trinajstić information content (AvgIpc) is 2.70. The summed E-state index contributed by atoms with van der Waals surface area (Å²) in [6.07, 6.45) is 7.56. The molecule has 7 nitrogen and oxygen atoms in total. The summed E-state index contributed by atoms with van der Waals surface area (Å²) < 4.78 is 0. The van der Waals surface area contributed by atoms with Gasteiger partial charge in [-0.1, -0.05) is 6.92 Å². The molecule has 1 aromatic heterocycles. The van der Waals surface area contributed by atoms with Crippen LogP contribution in [-0.4, -0.2) is 57.0 Å². The van der Waals surface area contributed by atoms with Crippen molar-refractivity contribution < 1.29 is 14.8 Å². The van der Waals surface area contributed by atoms with E-state index in [1.807, 2.05) is 18.0 Å². The molecule has 146 valence electrons. The first-order chi connectivity index (χ1) is 13.0. The van der Waals surface area contributed by atoms with E-state index in [1.165, 1.54) is 6.20 Å². The SMILES string of the molecule is CC[C@@H]1Cc2ncc(C(=O)NO)cc2CN1CC12CCC(CC1)C(=O)N2C. The van der Waals surface area contributed by atoms with Gasteiger partial charge in [0.2, 0.25) is 5.91 Å². The molecule has 2 N–H and O–H groups in total. The molecular weight excluding hydrogens is 344 g/mol. The number of fused-ring (bicyclic) bond motifs is 4. The van der Waals surface area contributed by atoms with Crippen LogP contribution in [-0.2, 0) is 17.8 Å². The van der Waals surface area contributed by atoms with Crippen LogP contribution in [0.25, 0.3) is 0 Å². The monoisotopic (exact) mass is 372 g/mol. The highest BCUT2D eigenvalue weighted by Gasteiger charge is 2.50. The number of pyridine rings is 1. The van der Waals surface area contributed by atoms with Crippen LogP contribution in [0.1, 0.15) is 60.6 Å². The molecule has 1 saturated carbocycles. The molecule has 7 heteroatoms. The summed E-state index contributed by atoms with van der Waals surface area (Å²) in [6.45, 7) is 3.79. The number of piperidine rings is 2. The summed E-state index contributed by atoms with van der Waals surface area (Å²) in [7, 11) is 1.97. The molecule has 1 atom stereocenters. The molecule has 5 rings (SSSR count). The average molecular weight is 372 g/mol. The van der Waals surface area contributed by atoms with Gasteiger partial charge in [-0.05, 0) is 43.7 Å². The zero-order chi connectivity index (χ0) is 19.2. The quantitative estimate of drug-likeness (QED) is 0.621. The van der Waals surface area contributed by atoms with Crippen molar-refractivity contribution in [2.75, 3.05) is 13.6 Å². The lowest BCUT2D eigenvalue weighted by Crippen LogP contribution is -2.65. The summed E-state index contributed by atoms with van der Waals surface area (Å²) >= 11 is 0. The lowest BCUT2D eigenvalue weighted by molar-refractivity contribution is -0.155. The fourth-order valence-electron chi connectivity index (χ4n) is 5.22. The number of likely N-dealkylation sites (N-methyl/N-ethyl adjacent to an activating group) is 1. The second-order valence-electron chi connectivity index (χ2n) is 8.34. The lowest BCUT2D eigenvalue weighted by atomic mass is 9.69. The van der Waals surface area contributed by atoms with Gasteiger partial charge in [-0.3, -0.25) is 24.7 Å². The van der Waals surface area contributed by atoms with Crippen LogP contribution in [0.2, 0.25) is 0 Å². The van der Waals surface area contributed by atoms with Gasteiger partial charge in [-0.15, -0.1) is 0 Å². The topological polar surface area (TPSA) is 85.8 Å². The van der Waals surface area contributed by atoms with Gasteiger partial charge in [0.15, 0.2) is 0 Å². The van der Waals surface area contributed by atoms with Gasteiger partial charge >= 0.3 is 0 Å². The Hall–Kier alpha value is -1.99. The molecule has 3 fully saturated rings. The zero-order valence-corrected chi connectivity index (χ0v) is 16.1. The smallest absolute Gasteiger partial charge is 0.276 e. The van der Waals surface area contributed by atoms with Crippen LogP contribution < -0.4 is 5.48 Å². The van der Waals surface area contributed by atoms with Crippen LogP contribution in [0.3, 0.4) is 0 Å². The van der Waals surface area contributed by atoms with Gasteiger partial charge in [0.05, 0.1) is 11.1 Å². The molecule has 2 amide bonds. The van der Waals surface area contributed by atoms with Gasteiger partial charge in [0.1, 0.15) is 0 Å². The largest absolute Gasteiger partial charge is 0.339 e. The Bertz CT molecular complexity index is 758. The van der Waals surface area contributed by atoms with Crippen molar-refractivity contribution in [1.82, 2.24) is 20.3 Å². The Kier molecular flexibility index (Phi) is 4.68. The minimum absolute atomic E-state index is 0.0652. The van der Waals surface area contributed by atoms with Crippen molar-refractivity contribution in [2.45, 2.75) is 63.6 Å². The molecule has 27 heavy (non-hydrogen) atoms. The number of aromatic nitrogens is 1. The van der Waals surface area contributed by atoms with E-state index in [4.69, 9.17) is 5.21 Å². The van der Waals surface area contributed by atoms with Crippen molar-refractivity contribution in [2.24, 2.45) is 5.92 Å². The predicted molar refractivity (Wildman–Crippen MR) is 99.1 cm³/mol. The molecule has 0 radical (unpaired) electrons. The summed E-state index contributed by atoms with van der Waals surface area (Å²) in [5.41, 5.74) is 4.05. The first-order valence-corrected chi connectivity index (χ1v) is 9.91. The Balaban J connectivity index is 1.59. The van der Waals surface area contributed by atoms with Gasteiger partial charge in [0, 0.05) is 50.4 Å². The summed E-state index contributed by atoms with van der Waals surface area (Å²) in [5, 5.41) is 8.89. The molecule has 1 aromatic rings. The van der Waals surface area contributed by atoms with E-state index in [-0.39, 0.29) is 11.5 Å². The molecule has 4 heterocycles. The lowest BCUT2D eigenvalue weighted by Gasteiger charge is -2.55. The number of nitrogens with zero attached hydrogens (tertiary/aromatic N) is 3. The molecule has 4 aliphatic rings. The van der Waals surface area contributed by atoms with Gasteiger partial charge < -0.3 is 4.90 Å². The number of hydrogen-bond donors (Lipinski definition) is 2. The van der Waals surface area contributed by atoms with Gasteiger partial charge in [-0.25, -0.2) is 5.48 Å². The third-order valence-electron chi connectivity index (χ3n) is 7.02. The maximum Gasteiger partial charge on any atom is 0.276 e. The minimum atomic E-state index is -0.538. The number of nitrogens with one attached hydrogen (secondary N) is 1. The highest BCUT2D eigenvalue weighted by molar-refractivity contribution is 5.93. The van der Waals surface area contributed by atoms with Crippen molar-refractivity contribution in [1.29, 1.82) is 0 Å². The van der Waals surface area contributed by atoms with E-state index >= 15 is 0 Å². The van der Waals surface area contributed by atoms with Gasteiger partial charge in [0.25, 0.3) is 5.91 Å². The second-order valence-corrected chi connectivity index (χ2v) is 8.34. The molecule has 0 aromatic carbocycles. The standard InChI is InChI=1S/C20H28N4O3/c1-3-16-9-17-15(8-14(10-21-17)18(25)22-27)11-24(16)12-20-6-4-13(5-7-20)19(26)23(20)2/h8,10,13,16,27H,3-7,9,11-12H2,1-2H3,(H,22,25)/t13?,16-,20?/m1/s1. The molecule has 1 aliphatic carbocycles. The Morgan fingerprint density at radius 1 is 1.41 bits per heavy atom. The third-order valence-corrected chi connectivity index (χ3v) is 7.02. The van der Waals surface area contributed by atoms with Crippen molar-refractivity contribution in [3.8, 4) is 0 Å². The molecule has 2 saturated heterocycles. The minimum Gasteiger partial charge on any atom is -0.339 e. The number of carbonyl (C=O) groups excluding carboxylic acids is 2. The number of amides is 2. The van der Waals surface area contributed by atoms with Crippen molar-refractivity contribution in [3.05, 3.63) is 29.1 Å². The summed E-state index contributed by atoms with van der Waals surface area (Å²) in [4.78, 5) is 33.3. The van der Waals surface area contributed by atoms with Crippen LogP contribution in [0.15, 0.2) is 12.3 Å². The first kappa shape index (κ1) is 18.4. The van der Waals surface area contributed by atoms with E-state index in [1.54, 1.807) is 5.48 Å². The highest BCUT2D eigenvalue weighted by atomic mass is 16.5. The fraction of sp³-hybridized carbons (Fsp3) is 0.650.